The fraction of sp³-hybridized carbons (Fsp3) is 0.500. The van der Waals surface area contributed by atoms with E-state index in [2.05, 4.69) is 21.2 Å². The molecule has 1 rings (SSSR count). The molecule has 2 N–H and O–H groups in total. The summed E-state index contributed by atoms with van der Waals surface area (Å²) in [4.78, 5) is 11.8. The highest BCUT2D eigenvalue weighted by Gasteiger charge is 2.27. The van der Waals surface area contributed by atoms with E-state index in [1.807, 2.05) is 13.8 Å². The molecule has 6 heteroatoms. The van der Waals surface area contributed by atoms with Gasteiger partial charge in [-0.05, 0) is 31.0 Å². The molecule has 0 radical (unpaired) electrons. The highest BCUT2D eigenvalue weighted by Crippen LogP contribution is 2.21. The molecule has 1 aromatic rings. The molecule has 0 fully saturated rings. The Labute approximate surface area is 126 Å². The highest BCUT2D eigenvalue weighted by molar-refractivity contribution is 9.10. The van der Waals surface area contributed by atoms with E-state index in [0.29, 0.717) is 17.3 Å². The Hall–Kier alpha value is -1.14. The molecule has 0 heterocycles. The Bertz CT molecular complexity index is 455. The molecule has 20 heavy (non-hydrogen) atoms. The molecule has 0 unspecified atom stereocenters. The first kappa shape index (κ1) is 16.9. The molecule has 0 aliphatic carbocycles. The van der Waals surface area contributed by atoms with Gasteiger partial charge in [-0.25, -0.2) is 4.39 Å². The van der Waals surface area contributed by atoms with Crippen molar-refractivity contribution in [2.45, 2.75) is 32.2 Å². The van der Waals surface area contributed by atoms with Crippen molar-refractivity contribution in [1.29, 1.82) is 0 Å². The molecule has 0 saturated heterocycles. The maximum atomic E-state index is 13.5. The number of benzene rings is 1. The summed E-state index contributed by atoms with van der Waals surface area (Å²) in [5, 5.41) is 12.1. The monoisotopic (exact) mass is 347 g/mol. The number of halogens is 2. The van der Waals surface area contributed by atoms with Gasteiger partial charge in [0.15, 0.2) is 18.2 Å². The molecule has 0 aliphatic heterocycles. The normalized spacial score (nSPS) is 11.2. The van der Waals surface area contributed by atoms with E-state index in [4.69, 9.17) is 4.74 Å². The van der Waals surface area contributed by atoms with Crippen LogP contribution >= 0.6 is 15.9 Å². The summed E-state index contributed by atoms with van der Waals surface area (Å²) >= 11 is 3.14. The second-order valence-electron chi connectivity index (χ2n) is 4.56. The lowest BCUT2D eigenvalue weighted by Crippen LogP contribution is -2.51. The van der Waals surface area contributed by atoms with Crippen LogP contribution in [-0.2, 0) is 4.79 Å². The Kier molecular flexibility index (Phi) is 6.42. The minimum atomic E-state index is -0.640. The van der Waals surface area contributed by atoms with Gasteiger partial charge in [0.25, 0.3) is 5.91 Å². The van der Waals surface area contributed by atoms with Crippen LogP contribution in [0.1, 0.15) is 26.7 Å². The van der Waals surface area contributed by atoms with Crippen LogP contribution in [0.3, 0.4) is 0 Å². The summed E-state index contributed by atoms with van der Waals surface area (Å²) in [6.45, 7) is 3.34. The van der Waals surface area contributed by atoms with Gasteiger partial charge in [0.1, 0.15) is 0 Å². The zero-order valence-electron chi connectivity index (χ0n) is 11.6. The van der Waals surface area contributed by atoms with Crippen molar-refractivity contribution in [2.75, 3.05) is 13.2 Å². The van der Waals surface area contributed by atoms with Crippen LogP contribution in [0.4, 0.5) is 4.39 Å². The molecule has 0 aromatic heterocycles. The average molecular weight is 348 g/mol. The molecule has 112 valence electrons. The van der Waals surface area contributed by atoms with Gasteiger partial charge in [0, 0.05) is 4.47 Å². The van der Waals surface area contributed by atoms with Crippen LogP contribution in [0.25, 0.3) is 0 Å². The quantitative estimate of drug-likeness (QED) is 0.797. The Morgan fingerprint density at radius 3 is 2.60 bits per heavy atom. The van der Waals surface area contributed by atoms with Crippen molar-refractivity contribution in [3.8, 4) is 5.75 Å². The number of amides is 1. The molecular formula is C14H19BrFNO3. The van der Waals surface area contributed by atoms with Crippen molar-refractivity contribution in [2.24, 2.45) is 0 Å². The van der Waals surface area contributed by atoms with Crippen LogP contribution in [-0.4, -0.2) is 29.8 Å². The molecule has 1 aromatic carbocycles. The minimum Gasteiger partial charge on any atom is -0.481 e. The number of carbonyl (C=O) groups is 1. The Morgan fingerprint density at radius 1 is 1.45 bits per heavy atom. The van der Waals surface area contributed by atoms with Crippen LogP contribution in [0.15, 0.2) is 22.7 Å². The second kappa shape index (κ2) is 7.59. The van der Waals surface area contributed by atoms with Crippen LogP contribution in [0, 0.1) is 5.82 Å². The van der Waals surface area contributed by atoms with Crippen molar-refractivity contribution in [3.05, 3.63) is 28.5 Å². The van der Waals surface area contributed by atoms with Gasteiger partial charge in [-0.3, -0.25) is 4.79 Å². The first-order valence-corrected chi connectivity index (χ1v) is 7.25. The summed E-state index contributed by atoms with van der Waals surface area (Å²) in [7, 11) is 0. The number of hydrogen-bond acceptors (Lipinski definition) is 3. The zero-order chi connectivity index (χ0) is 15.2. The number of hydrogen-bond donors (Lipinski definition) is 2. The van der Waals surface area contributed by atoms with Crippen LogP contribution in [0.2, 0.25) is 0 Å². The van der Waals surface area contributed by atoms with E-state index in [1.54, 1.807) is 6.07 Å². The van der Waals surface area contributed by atoms with Crippen LogP contribution < -0.4 is 10.1 Å². The predicted molar refractivity (Wildman–Crippen MR) is 78.1 cm³/mol. The molecular weight excluding hydrogens is 329 g/mol. The zero-order valence-corrected chi connectivity index (χ0v) is 13.2. The second-order valence-corrected chi connectivity index (χ2v) is 5.47. The van der Waals surface area contributed by atoms with Gasteiger partial charge in [-0.1, -0.05) is 29.8 Å². The number of ether oxygens (including phenoxy) is 1. The van der Waals surface area contributed by atoms with Gasteiger partial charge in [-0.2, -0.15) is 0 Å². The predicted octanol–water partition coefficient (Wildman–Crippen LogP) is 2.63. The van der Waals surface area contributed by atoms with Gasteiger partial charge in [0.2, 0.25) is 0 Å². The SMILES string of the molecule is CCC(CC)(CO)NC(=O)COc1ccc(Br)cc1F. The number of aliphatic hydroxyl groups is 1. The van der Waals surface area contributed by atoms with E-state index in [-0.39, 0.29) is 24.9 Å². The van der Waals surface area contributed by atoms with Crippen molar-refractivity contribution < 1.29 is 19.0 Å². The fourth-order valence-corrected chi connectivity index (χ4v) is 2.09. The summed E-state index contributed by atoms with van der Waals surface area (Å²) in [5.74, 6) is -0.900. The lowest BCUT2D eigenvalue weighted by Gasteiger charge is -2.30. The highest BCUT2D eigenvalue weighted by atomic mass is 79.9. The van der Waals surface area contributed by atoms with Gasteiger partial charge < -0.3 is 15.2 Å². The molecule has 0 spiro atoms. The molecule has 0 saturated carbocycles. The maximum absolute atomic E-state index is 13.5. The summed E-state index contributed by atoms with van der Waals surface area (Å²) in [5.41, 5.74) is -0.640. The first-order chi connectivity index (χ1) is 9.46. The maximum Gasteiger partial charge on any atom is 0.258 e. The third kappa shape index (κ3) is 4.45. The van der Waals surface area contributed by atoms with Gasteiger partial charge in [0.05, 0.1) is 12.1 Å². The topological polar surface area (TPSA) is 58.6 Å². The van der Waals surface area contributed by atoms with E-state index >= 15 is 0 Å². The number of aliphatic hydroxyl groups excluding tert-OH is 1. The van der Waals surface area contributed by atoms with E-state index in [0.717, 1.165) is 0 Å². The number of nitrogens with one attached hydrogen (secondary N) is 1. The van der Waals surface area contributed by atoms with Crippen LogP contribution in [0.5, 0.6) is 5.75 Å². The largest absolute Gasteiger partial charge is 0.481 e. The molecule has 0 aliphatic rings. The van der Waals surface area contributed by atoms with E-state index in [9.17, 15) is 14.3 Å². The van der Waals surface area contributed by atoms with Gasteiger partial charge in [-0.15, -0.1) is 0 Å². The third-order valence-corrected chi connectivity index (χ3v) is 3.81. The fourth-order valence-electron chi connectivity index (χ4n) is 1.76. The number of carbonyl (C=O) groups excluding carboxylic acids is 1. The molecule has 0 bridgehead atoms. The van der Waals surface area contributed by atoms with Crippen molar-refractivity contribution in [3.63, 3.8) is 0 Å². The number of rotatable bonds is 7. The van der Waals surface area contributed by atoms with E-state index in [1.165, 1.54) is 12.1 Å². The minimum absolute atomic E-state index is 0.0194. The lowest BCUT2D eigenvalue weighted by atomic mass is 9.94. The van der Waals surface area contributed by atoms with Gasteiger partial charge >= 0.3 is 0 Å². The Balaban J connectivity index is 2.59. The Morgan fingerprint density at radius 2 is 2.10 bits per heavy atom. The molecule has 0 atom stereocenters. The first-order valence-electron chi connectivity index (χ1n) is 6.46. The standard InChI is InChI=1S/C14H19BrFNO3/c1-3-14(4-2,9-18)17-13(19)8-20-12-6-5-10(15)7-11(12)16/h5-7,18H,3-4,8-9H2,1-2H3,(H,17,19). The molecule has 4 nitrogen and oxygen atoms in total. The average Bonchev–Trinajstić information content (AvgIpc) is 2.44. The van der Waals surface area contributed by atoms with Crippen molar-refractivity contribution in [1.82, 2.24) is 5.32 Å². The van der Waals surface area contributed by atoms with Crippen molar-refractivity contribution >= 4 is 21.8 Å². The van der Waals surface area contributed by atoms with E-state index < -0.39 is 11.4 Å². The smallest absolute Gasteiger partial charge is 0.258 e. The lowest BCUT2D eigenvalue weighted by molar-refractivity contribution is -0.125. The summed E-state index contributed by atoms with van der Waals surface area (Å²) < 4.78 is 19.3. The summed E-state index contributed by atoms with van der Waals surface area (Å²) in [6.07, 6.45) is 1.22. The summed E-state index contributed by atoms with van der Waals surface area (Å²) in [6, 6.07) is 4.35. The third-order valence-electron chi connectivity index (χ3n) is 3.31. The molecule has 1 amide bonds.